The van der Waals surface area contributed by atoms with Crippen molar-refractivity contribution in [3.8, 4) is 0 Å². The van der Waals surface area contributed by atoms with Crippen molar-refractivity contribution in [2.45, 2.75) is 78.7 Å². The summed E-state index contributed by atoms with van der Waals surface area (Å²) in [5.41, 5.74) is 0. The Kier molecular flexibility index (Phi) is 7.18. The van der Waals surface area contributed by atoms with Crippen LogP contribution in [0.15, 0.2) is 0 Å². The van der Waals surface area contributed by atoms with Crippen molar-refractivity contribution >= 4 is 0 Å². The fraction of sp³-hybridized carbons (Fsp3) is 1.00. The monoisotopic (exact) mass is 239 g/mol. The van der Waals surface area contributed by atoms with Gasteiger partial charge in [-0.05, 0) is 37.1 Å². The fourth-order valence-corrected chi connectivity index (χ4v) is 3.71. The molecule has 17 heavy (non-hydrogen) atoms. The van der Waals surface area contributed by atoms with Crippen molar-refractivity contribution in [2.75, 3.05) is 6.54 Å². The Morgan fingerprint density at radius 1 is 0.941 bits per heavy atom. The standard InChI is InChI=1S/C16H33N/c1-5-13-9-11-15(12-10-13)16(17-8-4)14(6-2)7-3/h13-17H,5-12H2,1-4H3. The second kappa shape index (κ2) is 8.13. The van der Waals surface area contributed by atoms with Gasteiger partial charge in [0.05, 0.1) is 0 Å². The Bertz CT molecular complexity index is 178. The first-order valence-electron chi connectivity index (χ1n) is 8.00. The van der Waals surface area contributed by atoms with Crippen LogP contribution in [-0.4, -0.2) is 12.6 Å². The molecule has 0 bridgehead atoms. The van der Waals surface area contributed by atoms with Crippen molar-refractivity contribution in [1.29, 1.82) is 0 Å². The minimum atomic E-state index is 0.785. The van der Waals surface area contributed by atoms with Gasteiger partial charge in [0.15, 0.2) is 0 Å². The van der Waals surface area contributed by atoms with Crippen LogP contribution in [0.5, 0.6) is 0 Å². The molecule has 102 valence electrons. The SMILES string of the molecule is CCNC(C(CC)CC)C1CCC(CC)CC1. The van der Waals surface area contributed by atoms with E-state index in [9.17, 15) is 0 Å². The van der Waals surface area contributed by atoms with E-state index in [1.807, 2.05) is 0 Å². The summed E-state index contributed by atoms with van der Waals surface area (Å²) in [7, 11) is 0. The molecular formula is C16H33N. The lowest BCUT2D eigenvalue weighted by Gasteiger charge is -2.38. The van der Waals surface area contributed by atoms with E-state index in [0.717, 1.165) is 30.3 Å². The van der Waals surface area contributed by atoms with E-state index in [1.165, 1.54) is 44.9 Å². The molecule has 0 spiro atoms. The van der Waals surface area contributed by atoms with Gasteiger partial charge >= 0.3 is 0 Å². The van der Waals surface area contributed by atoms with Crippen molar-refractivity contribution in [2.24, 2.45) is 17.8 Å². The van der Waals surface area contributed by atoms with Gasteiger partial charge in [-0.3, -0.25) is 0 Å². The summed E-state index contributed by atoms with van der Waals surface area (Å²) in [6, 6.07) is 0.785. The molecule has 1 saturated carbocycles. The molecule has 1 atom stereocenters. The van der Waals surface area contributed by atoms with Crippen LogP contribution in [0.1, 0.15) is 72.6 Å². The average Bonchev–Trinajstić information content (AvgIpc) is 2.39. The quantitative estimate of drug-likeness (QED) is 0.683. The highest BCUT2D eigenvalue weighted by atomic mass is 14.9. The predicted octanol–water partition coefficient (Wildman–Crippen LogP) is 4.62. The van der Waals surface area contributed by atoms with E-state index in [4.69, 9.17) is 0 Å². The maximum atomic E-state index is 3.79. The maximum Gasteiger partial charge on any atom is 0.0123 e. The minimum Gasteiger partial charge on any atom is -0.314 e. The van der Waals surface area contributed by atoms with Gasteiger partial charge in [-0.15, -0.1) is 0 Å². The van der Waals surface area contributed by atoms with Crippen LogP contribution >= 0.6 is 0 Å². The molecule has 1 heteroatoms. The second-order valence-electron chi connectivity index (χ2n) is 5.85. The maximum absolute atomic E-state index is 3.79. The van der Waals surface area contributed by atoms with Crippen molar-refractivity contribution in [3.05, 3.63) is 0 Å². The highest BCUT2D eigenvalue weighted by molar-refractivity contribution is 4.85. The highest BCUT2D eigenvalue weighted by Gasteiger charge is 2.30. The number of hydrogen-bond acceptors (Lipinski definition) is 1. The Labute approximate surface area is 109 Å². The lowest BCUT2D eigenvalue weighted by molar-refractivity contribution is 0.171. The van der Waals surface area contributed by atoms with E-state index >= 15 is 0 Å². The molecule has 0 saturated heterocycles. The Morgan fingerprint density at radius 2 is 1.53 bits per heavy atom. The highest BCUT2D eigenvalue weighted by Crippen LogP contribution is 2.35. The number of rotatable bonds is 7. The molecule has 0 radical (unpaired) electrons. The van der Waals surface area contributed by atoms with E-state index in [1.54, 1.807) is 0 Å². The van der Waals surface area contributed by atoms with Gasteiger partial charge in [0, 0.05) is 6.04 Å². The third-order valence-corrected chi connectivity index (χ3v) is 4.97. The lowest BCUT2D eigenvalue weighted by Crippen LogP contribution is -2.43. The Morgan fingerprint density at radius 3 is 1.94 bits per heavy atom. The minimum absolute atomic E-state index is 0.785. The van der Waals surface area contributed by atoms with Gasteiger partial charge in [-0.2, -0.15) is 0 Å². The molecule has 1 unspecified atom stereocenters. The van der Waals surface area contributed by atoms with E-state index in [0.29, 0.717) is 0 Å². The first kappa shape index (κ1) is 15.0. The number of hydrogen-bond donors (Lipinski definition) is 1. The summed E-state index contributed by atoms with van der Waals surface area (Å²) in [6.07, 6.45) is 9.94. The molecule has 0 aliphatic heterocycles. The van der Waals surface area contributed by atoms with E-state index in [-0.39, 0.29) is 0 Å². The Hall–Kier alpha value is -0.0400. The molecule has 1 N–H and O–H groups in total. The van der Waals surface area contributed by atoms with Crippen LogP contribution in [0, 0.1) is 17.8 Å². The zero-order valence-corrected chi connectivity index (χ0v) is 12.5. The summed E-state index contributed by atoms with van der Waals surface area (Å²) in [5, 5.41) is 3.79. The third-order valence-electron chi connectivity index (χ3n) is 4.97. The van der Waals surface area contributed by atoms with Crippen LogP contribution in [0.25, 0.3) is 0 Å². The average molecular weight is 239 g/mol. The second-order valence-corrected chi connectivity index (χ2v) is 5.85. The lowest BCUT2D eigenvalue weighted by atomic mass is 9.73. The topological polar surface area (TPSA) is 12.0 Å². The van der Waals surface area contributed by atoms with Crippen molar-refractivity contribution < 1.29 is 0 Å². The molecule has 0 aromatic rings. The summed E-state index contributed by atoms with van der Waals surface area (Å²) in [4.78, 5) is 0. The zero-order valence-electron chi connectivity index (χ0n) is 12.5. The summed E-state index contributed by atoms with van der Waals surface area (Å²) in [5.74, 6) is 2.86. The van der Waals surface area contributed by atoms with Crippen LogP contribution in [0.2, 0.25) is 0 Å². The van der Waals surface area contributed by atoms with Gasteiger partial charge in [0.2, 0.25) is 0 Å². The molecule has 1 aliphatic carbocycles. The first-order valence-corrected chi connectivity index (χ1v) is 8.00. The fourth-order valence-electron chi connectivity index (χ4n) is 3.71. The molecule has 0 heterocycles. The smallest absolute Gasteiger partial charge is 0.0123 e. The molecule has 0 aromatic carbocycles. The Balaban J connectivity index is 2.52. The summed E-state index contributed by atoms with van der Waals surface area (Å²) >= 11 is 0. The predicted molar refractivity (Wildman–Crippen MR) is 77.3 cm³/mol. The van der Waals surface area contributed by atoms with Gasteiger partial charge in [-0.1, -0.05) is 59.8 Å². The summed E-state index contributed by atoms with van der Waals surface area (Å²) < 4.78 is 0. The van der Waals surface area contributed by atoms with Gasteiger partial charge < -0.3 is 5.32 Å². The molecule has 1 rings (SSSR count). The van der Waals surface area contributed by atoms with Crippen molar-refractivity contribution in [1.82, 2.24) is 5.32 Å². The number of nitrogens with one attached hydrogen (secondary N) is 1. The third kappa shape index (κ3) is 4.28. The van der Waals surface area contributed by atoms with E-state index in [2.05, 4.69) is 33.0 Å². The van der Waals surface area contributed by atoms with E-state index < -0.39 is 0 Å². The van der Waals surface area contributed by atoms with Crippen LogP contribution in [0.3, 0.4) is 0 Å². The molecule has 1 fully saturated rings. The molecule has 1 nitrogen and oxygen atoms in total. The molecular weight excluding hydrogens is 206 g/mol. The van der Waals surface area contributed by atoms with Crippen LogP contribution in [0.4, 0.5) is 0 Å². The van der Waals surface area contributed by atoms with Crippen LogP contribution in [-0.2, 0) is 0 Å². The van der Waals surface area contributed by atoms with Gasteiger partial charge in [0.1, 0.15) is 0 Å². The largest absolute Gasteiger partial charge is 0.314 e. The van der Waals surface area contributed by atoms with Gasteiger partial charge in [0.25, 0.3) is 0 Å². The van der Waals surface area contributed by atoms with Crippen molar-refractivity contribution in [3.63, 3.8) is 0 Å². The van der Waals surface area contributed by atoms with Gasteiger partial charge in [-0.25, -0.2) is 0 Å². The summed E-state index contributed by atoms with van der Waals surface area (Å²) in [6.45, 7) is 10.5. The first-order chi connectivity index (χ1) is 8.26. The molecule has 0 aromatic heterocycles. The van der Waals surface area contributed by atoms with Crippen LogP contribution < -0.4 is 5.32 Å². The molecule has 1 aliphatic rings. The normalized spacial score (nSPS) is 27.4. The zero-order chi connectivity index (χ0) is 12.7. The molecule has 0 amide bonds.